The van der Waals surface area contributed by atoms with Crippen molar-refractivity contribution in [2.24, 2.45) is 9.98 Å². The quantitative estimate of drug-likeness (QED) is 0.196. The summed E-state index contributed by atoms with van der Waals surface area (Å²) < 4.78 is 0. The van der Waals surface area contributed by atoms with Crippen molar-refractivity contribution in [3.05, 3.63) is 107 Å². The molecule has 0 aromatic heterocycles. The Morgan fingerprint density at radius 1 is 0.623 bits per heavy atom. The van der Waals surface area contributed by atoms with E-state index in [0.29, 0.717) is 11.5 Å². The molecular weight excluding hydrogens is 711 g/mol. The average molecular weight is 764 g/mol. The maximum atomic E-state index is 11.3. The molecule has 0 amide bonds. The Balaban J connectivity index is 0.000000982. The van der Waals surface area contributed by atoms with Crippen LogP contribution in [-0.2, 0) is 37.2 Å². The second-order valence-corrected chi connectivity index (χ2v) is 15.2. The van der Waals surface area contributed by atoms with E-state index in [-0.39, 0.29) is 39.7 Å². The molecule has 1 radical (unpaired) electrons. The first-order valence-corrected chi connectivity index (χ1v) is 17.6. The number of phenolic OH excluding ortho intramolecular Hbond substituents is 2. The van der Waals surface area contributed by atoms with Gasteiger partial charge in [0.1, 0.15) is 11.5 Å². The second-order valence-electron chi connectivity index (χ2n) is 15.2. The van der Waals surface area contributed by atoms with Crippen LogP contribution in [0.1, 0.15) is 103 Å². The molecule has 0 spiro atoms. The van der Waals surface area contributed by atoms with E-state index in [2.05, 4.69) is 77.9 Å². The van der Waals surface area contributed by atoms with Gasteiger partial charge in [-0.15, -0.1) is 0 Å². The van der Waals surface area contributed by atoms with Gasteiger partial charge in [-0.2, -0.15) is 0 Å². The van der Waals surface area contributed by atoms with Crippen molar-refractivity contribution < 1.29 is 46.8 Å². The molecule has 1 aliphatic rings. The van der Waals surface area contributed by atoms with Crippen molar-refractivity contribution in [2.75, 3.05) is 0 Å². The van der Waals surface area contributed by atoms with Gasteiger partial charge in [0.25, 0.3) is 0 Å². The predicted octanol–water partition coefficient (Wildman–Crippen LogP) is 7.39. The summed E-state index contributed by atoms with van der Waals surface area (Å²) in [6, 6.07) is 29.1. The monoisotopic (exact) mass is 763 g/mol. The van der Waals surface area contributed by atoms with Crippen LogP contribution in [0.25, 0.3) is 22.3 Å². The van der Waals surface area contributed by atoms with Crippen molar-refractivity contribution in [2.45, 2.75) is 104 Å². The minimum atomic E-state index is -1.08. The van der Waals surface area contributed by atoms with Crippen LogP contribution in [0.3, 0.4) is 0 Å². The molecule has 4 aromatic rings. The fourth-order valence-corrected chi connectivity index (χ4v) is 6.03. The van der Waals surface area contributed by atoms with E-state index in [1.807, 2.05) is 61.0 Å². The number of benzene rings is 4. The van der Waals surface area contributed by atoms with Gasteiger partial charge >= 0.3 is 16.8 Å². The van der Waals surface area contributed by atoms with E-state index >= 15 is 0 Å². The molecule has 1 saturated carbocycles. The summed E-state index contributed by atoms with van der Waals surface area (Å²) in [6.07, 6.45) is 7.59. The van der Waals surface area contributed by atoms with Gasteiger partial charge in [0.15, 0.2) is 0 Å². The zero-order chi connectivity index (χ0) is 38.6. The van der Waals surface area contributed by atoms with Crippen molar-refractivity contribution in [3.8, 4) is 33.8 Å². The van der Waals surface area contributed by atoms with Crippen LogP contribution in [-0.4, -0.2) is 46.7 Å². The summed E-state index contributed by atoms with van der Waals surface area (Å²) in [6.45, 7) is 14.7. The summed E-state index contributed by atoms with van der Waals surface area (Å²) in [4.78, 5) is 27.8. The number of aliphatic imine (C=N–C) groups is 2. The normalized spacial score (nSPS) is 15.8. The van der Waals surface area contributed by atoms with E-state index in [9.17, 15) is 10.2 Å². The number of phenols is 2. The van der Waals surface area contributed by atoms with Crippen LogP contribution < -0.4 is 10.2 Å². The van der Waals surface area contributed by atoms with Gasteiger partial charge in [-0.1, -0.05) is 102 Å². The number of aromatic hydroxyl groups is 2. The fraction of sp³-hybridized carbons (Fsp3) is 0.364. The SMILES string of the molecule is CC(=O)[O-].CC(=O)[O-].CC(C)(C)c1cc(-c2ccccc2)cc(C=NC2CCCC(N=Cc3cc(-c4ccccc4)cc(C(C)(C)C)c3O)C2)c1O.[Co+2]. The third-order valence-corrected chi connectivity index (χ3v) is 8.58. The van der Waals surface area contributed by atoms with E-state index in [1.54, 1.807) is 0 Å². The average Bonchev–Trinajstić information content (AvgIpc) is 3.07. The van der Waals surface area contributed by atoms with Gasteiger partial charge < -0.3 is 30.0 Å². The predicted molar refractivity (Wildman–Crippen MR) is 207 cm³/mol. The molecular formula is C44H52CoN2O6. The van der Waals surface area contributed by atoms with E-state index < -0.39 is 11.9 Å². The number of nitrogens with zero attached hydrogens (tertiary/aromatic N) is 2. The van der Waals surface area contributed by atoms with Gasteiger partial charge in [0.2, 0.25) is 0 Å². The zero-order valence-corrected chi connectivity index (χ0v) is 33.0. The summed E-state index contributed by atoms with van der Waals surface area (Å²) >= 11 is 0. The minimum absolute atomic E-state index is 0. The first-order chi connectivity index (χ1) is 24.4. The molecule has 2 atom stereocenters. The topological polar surface area (TPSA) is 145 Å². The molecule has 0 bridgehead atoms. The van der Waals surface area contributed by atoms with Crippen molar-refractivity contribution in [1.29, 1.82) is 0 Å². The summed E-state index contributed by atoms with van der Waals surface area (Å²) in [5.41, 5.74) is 7.30. The Kier molecular flexibility index (Phi) is 16.7. The first-order valence-electron chi connectivity index (χ1n) is 17.6. The largest absolute Gasteiger partial charge is 2.00 e. The number of hydrogen-bond acceptors (Lipinski definition) is 8. The number of carbonyl (C=O) groups is 2. The Morgan fingerprint density at radius 3 is 1.25 bits per heavy atom. The Hall–Kier alpha value is -4.73. The Labute approximate surface area is 325 Å². The number of carboxylic acid groups (broad SMARTS) is 2. The summed E-state index contributed by atoms with van der Waals surface area (Å²) in [5, 5.41) is 40.3. The van der Waals surface area contributed by atoms with Gasteiger partial charge in [-0.05, 0) is 96.9 Å². The van der Waals surface area contributed by atoms with Gasteiger partial charge in [0, 0.05) is 46.6 Å². The minimum Gasteiger partial charge on any atom is -0.550 e. The second kappa shape index (κ2) is 19.9. The molecule has 4 aromatic carbocycles. The third kappa shape index (κ3) is 14.0. The van der Waals surface area contributed by atoms with Crippen LogP contribution in [0.4, 0.5) is 0 Å². The van der Waals surface area contributed by atoms with Gasteiger partial charge in [-0.25, -0.2) is 0 Å². The van der Waals surface area contributed by atoms with Crippen LogP contribution in [0.2, 0.25) is 0 Å². The number of aliphatic carboxylic acids is 2. The number of hydrogen-bond donors (Lipinski definition) is 2. The smallest absolute Gasteiger partial charge is 0.550 e. The van der Waals surface area contributed by atoms with Crippen molar-refractivity contribution >= 4 is 24.4 Å². The molecule has 1 fully saturated rings. The molecule has 283 valence electrons. The van der Waals surface area contributed by atoms with Gasteiger partial charge in [-0.3, -0.25) is 9.98 Å². The molecule has 0 aliphatic heterocycles. The number of rotatable bonds is 6. The fourth-order valence-electron chi connectivity index (χ4n) is 6.03. The van der Waals surface area contributed by atoms with Crippen molar-refractivity contribution in [1.82, 2.24) is 0 Å². The Bertz CT molecular complexity index is 1720. The van der Waals surface area contributed by atoms with Crippen LogP contribution in [0, 0.1) is 0 Å². The first kappa shape index (κ1) is 44.4. The van der Waals surface area contributed by atoms with Crippen molar-refractivity contribution in [3.63, 3.8) is 0 Å². The maximum Gasteiger partial charge on any atom is 2.00 e. The zero-order valence-electron chi connectivity index (χ0n) is 32.0. The van der Waals surface area contributed by atoms with Gasteiger partial charge in [0.05, 0.1) is 12.1 Å². The summed E-state index contributed by atoms with van der Waals surface area (Å²) in [7, 11) is 0. The van der Waals surface area contributed by atoms with E-state index in [0.717, 1.165) is 84.0 Å². The molecule has 0 heterocycles. The third-order valence-electron chi connectivity index (χ3n) is 8.58. The Morgan fingerprint density at radius 2 is 0.943 bits per heavy atom. The molecule has 0 saturated heterocycles. The van der Waals surface area contributed by atoms with E-state index in [1.165, 1.54) is 0 Å². The molecule has 5 rings (SSSR count). The van der Waals surface area contributed by atoms with Crippen LogP contribution in [0.15, 0.2) is 94.9 Å². The van der Waals surface area contributed by atoms with E-state index in [4.69, 9.17) is 29.8 Å². The number of carboxylic acids is 2. The van der Waals surface area contributed by atoms with Crippen LogP contribution >= 0.6 is 0 Å². The maximum absolute atomic E-state index is 11.3. The summed E-state index contributed by atoms with van der Waals surface area (Å²) in [5.74, 6) is -1.57. The molecule has 9 heteroatoms. The molecule has 53 heavy (non-hydrogen) atoms. The molecule has 1 aliphatic carbocycles. The molecule has 2 unspecified atom stereocenters. The molecule has 8 nitrogen and oxygen atoms in total. The van der Waals surface area contributed by atoms with Crippen LogP contribution in [0.5, 0.6) is 11.5 Å². The molecule has 2 N–H and O–H groups in total. The number of carbonyl (C=O) groups excluding carboxylic acids is 2. The standard InChI is InChI=1S/C40H46N2O2.2C2H4O2.Co/c1-39(2,3)35-22-29(27-14-9-7-10-15-27)20-31(37(35)43)25-41-33-18-13-19-34(24-33)42-26-32-21-30(28-16-11-8-12-17-28)23-36(38(32)44)40(4,5)6;2*1-2(3)4;/h7-12,14-17,20-23,25-26,33-34,43-44H,13,18-19,24H2,1-6H3;2*1H3,(H,3,4);/q;;;+2/p-2.